The summed E-state index contributed by atoms with van der Waals surface area (Å²) in [5.74, 6) is 0.382. The lowest BCUT2D eigenvalue weighted by atomic mass is 10.1. The zero-order chi connectivity index (χ0) is 14.7. The van der Waals surface area contributed by atoms with E-state index in [1.807, 2.05) is 13.8 Å². The molecule has 1 unspecified atom stereocenters. The molecule has 0 bridgehead atoms. The molecule has 0 aliphatic heterocycles. The van der Waals surface area contributed by atoms with Crippen LogP contribution in [0.5, 0.6) is 0 Å². The van der Waals surface area contributed by atoms with E-state index < -0.39 is 10.7 Å². The van der Waals surface area contributed by atoms with Gasteiger partial charge in [0.25, 0.3) is 5.69 Å². The number of non-ortho nitro benzene ring substituents is 1. The summed E-state index contributed by atoms with van der Waals surface area (Å²) >= 11 is 0. The second-order valence-corrected chi connectivity index (χ2v) is 4.40. The molecular formula is C14H15FN2O3. The Bertz CT molecular complexity index is 625. The minimum Gasteiger partial charge on any atom is -0.459 e. The molecule has 20 heavy (non-hydrogen) atoms. The predicted octanol–water partition coefficient (Wildman–Crippen LogP) is 3.66. The largest absolute Gasteiger partial charge is 0.459 e. The van der Waals surface area contributed by atoms with Gasteiger partial charge in [0.1, 0.15) is 17.3 Å². The van der Waals surface area contributed by atoms with E-state index in [0.717, 1.165) is 12.6 Å². The van der Waals surface area contributed by atoms with Gasteiger partial charge in [0.2, 0.25) is 0 Å². The Balaban J connectivity index is 2.30. The third-order valence-electron chi connectivity index (χ3n) is 2.99. The SMILES string of the molecule is CCNC(C)c1ccc(-c2ccc([N+](=O)[O-])cc2F)o1. The smallest absolute Gasteiger partial charge is 0.272 e. The van der Waals surface area contributed by atoms with Crippen LogP contribution in [0.3, 0.4) is 0 Å². The maximum atomic E-state index is 13.9. The molecule has 0 amide bonds. The molecule has 1 atom stereocenters. The zero-order valence-electron chi connectivity index (χ0n) is 11.2. The number of furan rings is 1. The summed E-state index contributed by atoms with van der Waals surface area (Å²) in [7, 11) is 0. The number of nitro groups is 1. The lowest BCUT2D eigenvalue weighted by molar-refractivity contribution is -0.385. The highest BCUT2D eigenvalue weighted by Crippen LogP contribution is 2.29. The first-order valence-corrected chi connectivity index (χ1v) is 6.30. The van der Waals surface area contributed by atoms with Crippen LogP contribution in [0.1, 0.15) is 25.6 Å². The number of nitrogens with zero attached hydrogens (tertiary/aromatic N) is 1. The molecule has 0 spiro atoms. The third kappa shape index (κ3) is 2.85. The molecule has 5 nitrogen and oxygen atoms in total. The van der Waals surface area contributed by atoms with Crippen molar-refractivity contribution in [1.29, 1.82) is 0 Å². The summed E-state index contributed by atoms with van der Waals surface area (Å²) in [6, 6.07) is 6.96. The summed E-state index contributed by atoms with van der Waals surface area (Å²) in [6.45, 7) is 4.72. The van der Waals surface area contributed by atoms with Crippen LogP contribution in [0.4, 0.5) is 10.1 Å². The molecule has 0 saturated heterocycles. The van der Waals surface area contributed by atoms with Gasteiger partial charge in [0, 0.05) is 6.07 Å². The molecule has 0 saturated carbocycles. The Morgan fingerprint density at radius 3 is 2.75 bits per heavy atom. The lowest BCUT2D eigenvalue weighted by Gasteiger charge is -2.08. The van der Waals surface area contributed by atoms with Crippen LogP contribution in [0.25, 0.3) is 11.3 Å². The number of benzene rings is 1. The molecule has 6 heteroatoms. The molecule has 0 aliphatic carbocycles. The zero-order valence-corrected chi connectivity index (χ0v) is 11.2. The van der Waals surface area contributed by atoms with E-state index in [9.17, 15) is 14.5 Å². The van der Waals surface area contributed by atoms with Gasteiger partial charge in [0.05, 0.1) is 22.6 Å². The second-order valence-electron chi connectivity index (χ2n) is 4.40. The minimum absolute atomic E-state index is 0.0230. The predicted molar refractivity (Wildman–Crippen MR) is 72.8 cm³/mol. The number of hydrogen-bond donors (Lipinski definition) is 1. The fourth-order valence-electron chi connectivity index (χ4n) is 1.95. The average molecular weight is 278 g/mol. The molecular weight excluding hydrogens is 263 g/mol. The number of hydrogen-bond acceptors (Lipinski definition) is 4. The van der Waals surface area contributed by atoms with Crippen molar-refractivity contribution in [3.8, 4) is 11.3 Å². The van der Waals surface area contributed by atoms with Crippen LogP contribution >= 0.6 is 0 Å². The van der Waals surface area contributed by atoms with Crippen molar-refractivity contribution in [3.63, 3.8) is 0 Å². The van der Waals surface area contributed by atoms with E-state index in [2.05, 4.69) is 5.32 Å². The first kappa shape index (κ1) is 14.2. The Morgan fingerprint density at radius 2 is 2.15 bits per heavy atom. The van der Waals surface area contributed by atoms with Gasteiger partial charge in [-0.05, 0) is 31.7 Å². The van der Waals surface area contributed by atoms with Gasteiger partial charge in [-0.2, -0.15) is 0 Å². The van der Waals surface area contributed by atoms with Crippen molar-refractivity contribution in [3.05, 3.63) is 52.0 Å². The second kappa shape index (κ2) is 5.83. The van der Waals surface area contributed by atoms with Gasteiger partial charge in [-0.15, -0.1) is 0 Å². The van der Waals surface area contributed by atoms with E-state index in [1.54, 1.807) is 12.1 Å². The highest BCUT2D eigenvalue weighted by Gasteiger charge is 2.16. The normalized spacial score (nSPS) is 12.3. The molecule has 0 fully saturated rings. The molecule has 106 valence electrons. The fourth-order valence-corrected chi connectivity index (χ4v) is 1.95. The minimum atomic E-state index is -0.670. The molecule has 1 aromatic carbocycles. The van der Waals surface area contributed by atoms with Crippen molar-refractivity contribution in [2.75, 3.05) is 6.54 Å². The summed E-state index contributed by atoms with van der Waals surface area (Å²) in [5.41, 5.74) is -0.0652. The van der Waals surface area contributed by atoms with E-state index in [1.165, 1.54) is 12.1 Å². The molecule has 0 aliphatic rings. The summed E-state index contributed by atoms with van der Waals surface area (Å²) in [6.07, 6.45) is 0. The number of nitro benzene ring substituents is 1. The van der Waals surface area contributed by atoms with E-state index in [-0.39, 0.29) is 17.3 Å². The molecule has 2 rings (SSSR count). The van der Waals surface area contributed by atoms with Crippen LogP contribution in [0, 0.1) is 15.9 Å². The van der Waals surface area contributed by atoms with Crippen LogP contribution in [-0.4, -0.2) is 11.5 Å². The maximum absolute atomic E-state index is 13.9. The molecule has 1 heterocycles. The van der Waals surface area contributed by atoms with Gasteiger partial charge in [-0.3, -0.25) is 10.1 Å². The van der Waals surface area contributed by atoms with Crippen molar-refractivity contribution >= 4 is 5.69 Å². The summed E-state index contributed by atoms with van der Waals surface area (Å²) < 4.78 is 19.5. The third-order valence-corrected chi connectivity index (χ3v) is 2.99. The van der Waals surface area contributed by atoms with Crippen LogP contribution in [-0.2, 0) is 0 Å². The molecule has 1 N–H and O–H groups in total. The Morgan fingerprint density at radius 1 is 1.40 bits per heavy atom. The van der Waals surface area contributed by atoms with E-state index in [4.69, 9.17) is 4.42 Å². The first-order valence-electron chi connectivity index (χ1n) is 6.30. The van der Waals surface area contributed by atoms with Crippen LogP contribution in [0.15, 0.2) is 34.7 Å². The Hall–Kier alpha value is -2.21. The topological polar surface area (TPSA) is 68.3 Å². The highest BCUT2D eigenvalue weighted by atomic mass is 19.1. The quantitative estimate of drug-likeness (QED) is 0.669. The standard InChI is InChI=1S/C14H15FN2O3/c1-3-16-9(2)13-6-7-14(20-13)11-5-4-10(17(18)19)8-12(11)15/h4-9,16H,3H2,1-2H3. The molecule has 0 radical (unpaired) electrons. The van der Waals surface area contributed by atoms with Crippen LogP contribution in [0.2, 0.25) is 0 Å². The molecule has 2 aromatic rings. The van der Waals surface area contributed by atoms with E-state index in [0.29, 0.717) is 11.5 Å². The van der Waals surface area contributed by atoms with Crippen molar-refractivity contribution in [2.24, 2.45) is 0 Å². The van der Waals surface area contributed by atoms with Gasteiger partial charge in [0.15, 0.2) is 0 Å². The molecule has 1 aromatic heterocycles. The summed E-state index contributed by atoms with van der Waals surface area (Å²) in [5, 5.41) is 13.8. The average Bonchev–Trinajstić information content (AvgIpc) is 2.88. The number of nitrogens with one attached hydrogen (secondary N) is 1. The van der Waals surface area contributed by atoms with Gasteiger partial charge in [-0.1, -0.05) is 6.92 Å². The monoisotopic (exact) mass is 278 g/mol. The van der Waals surface area contributed by atoms with Crippen molar-refractivity contribution in [2.45, 2.75) is 19.9 Å². The first-order chi connectivity index (χ1) is 9.52. The van der Waals surface area contributed by atoms with Crippen molar-refractivity contribution in [1.82, 2.24) is 5.32 Å². The van der Waals surface area contributed by atoms with Gasteiger partial charge in [-0.25, -0.2) is 4.39 Å². The lowest BCUT2D eigenvalue weighted by Crippen LogP contribution is -2.16. The van der Waals surface area contributed by atoms with E-state index >= 15 is 0 Å². The number of halogens is 1. The fraction of sp³-hybridized carbons (Fsp3) is 0.286. The maximum Gasteiger partial charge on any atom is 0.272 e. The highest BCUT2D eigenvalue weighted by molar-refractivity contribution is 5.60. The Labute approximate surface area is 115 Å². The summed E-state index contributed by atoms with van der Waals surface area (Å²) in [4.78, 5) is 9.94. The van der Waals surface area contributed by atoms with Crippen molar-refractivity contribution < 1.29 is 13.7 Å². The van der Waals surface area contributed by atoms with Gasteiger partial charge < -0.3 is 9.73 Å². The van der Waals surface area contributed by atoms with Gasteiger partial charge >= 0.3 is 0 Å². The van der Waals surface area contributed by atoms with Crippen LogP contribution < -0.4 is 5.32 Å². The number of rotatable bonds is 5. The Kier molecular flexibility index (Phi) is 4.14.